The summed E-state index contributed by atoms with van der Waals surface area (Å²) in [5.74, 6) is -0.530. The van der Waals surface area contributed by atoms with Crippen molar-refractivity contribution in [2.45, 2.75) is 115 Å². The second kappa shape index (κ2) is 21.5. The predicted octanol–water partition coefficient (Wildman–Crippen LogP) is 5.60. The molecule has 1 unspecified atom stereocenters. The van der Waals surface area contributed by atoms with Crippen LogP contribution in [0.25, 0.3) is 0 Å². The third-order valence-electron chi connectivity index (χ3n) is 11.2. The molecule has 3 fully saturated rings. The molecule has 2 amide bonds. The summed E-state index contributed by atoms with van der Waals surface area (Å²) < 4.78 is 100. The number of rotatable bonds is 23. The van der Waals surface area contributed by atoms with Gasteiger partial charge in [-0.1, -0.05) is 44.4 Å². The molecule has 61 heavy (non-hydrogen) atoms. The lowest BCUT2D eigenvalue weighted by Crippen LogP contribution is -2.40. The molecule has 0 radical (unpaired) electrons. The van der Waals surface area contributed by atoms with Crippen molar-refractivity contribution >= 4 is 31.5 Å². The number of halogens is 3. The molecule has 2 N–H and O–H groups in total. The molecule has 2 saturated carbocycles. The fourth-order valence-electron chi connectivity index (χ4n) is 7.37. The van der Waals surface area contributed by atoms with Gasteiger partial charge in [0.05, 0.1) is 29.6 Å². The number of alkyl halides is 2. The summed E-state index contributed by atoms with van der Waals surface area (Å²) in [5, 5.41) is 2.33. The van der Waals surface area contributed by atoms with Crippen LogP contribution >= 0.6 is 0 Å². The molecule has 2 aliphatic carbocycles. The number of nitrogens with zero attached hydrogens (tertiary/aromatic N) is 2. The highest BCUT2D eigenvalue weighted by Crippen LogP contribution is 2.50. The zero-order chi connectivity index (χ0) is 44.2. The first-order valence-corrected chi connectivity index (χ1v) is 24.4. The first kappa shape index (κ1) is 47.5. The fourth-order valence-corrected chi connectivity index (χ4v) is 11.2. The van der Waals surface area contributed by atoms with Crippen LogP contribution in [-0.2, 0) is 41.2 Å². The Balaban J connectivity index is 0.000000231. The van der Waals surface area contributed by atoms with Crippen LogP contribution < -0.4 is 26.2 Å². The lowest BCUT2D eigenvalue weighted by atomic mass is 9.92. The molecule has 0 spiro atoms. The monoisotopic (exact) mass is 896 g/mol. The van der Waals surface area contributed by atoms with E-state index in [1.807, 2.05) is 6.92 Å². The van der Waals surface area contributed by atoms with Crippen LogP contribution in [0.15, 0.2) is 58.4 Å². The van der Waals surface area contributed by atoms with Gasteiger partial charge >= 0.3 is 18.0 Å². The van der Waals surface area contributed by atoms with Crippen LogP contribution in [-0.4, -0.2) is 79.4 Å². The van der Waals surface area contributed by atoms with Crippen molar-refractivity contribution in [3.8, 4) is 11.5 Å². The Morgan fingerprint density at radius 2 is 1.62 bits per heavy atom. The fraction of sp³-hybridized carbons (Fsp3) is 0.595. The maximum absolute atomic E-state index is 14.0. The van der Waals surface area contributed by atoms with Gasteiger partial charge < -0.3 is 9.47 Å². The summed E-state index contributed by atoms with van der Waals surface area (Å²) in [6.07, 6.45) is 10.0. The van der Waals surface area contributed by atoms with Crippen molar-refractivity contribution in [1.82, 2.24) is 19.9 Å². The standard InChI is InChI=1S/C21H27F2NO5S.C21H28FN3O5S/c22-20(23)29-17-7-4-6-16(13-17)21(10-11-21)14-30(27,28)12-3-1-2-5-15-8-9-18(25)24-19(15)26;1-15(17-7-8-18(22)19(11-17)30-12-16-5-6-16)13-31(28,29)10-4-2-3-9-25-14-23-20(26)24-21(25)27/h4,6-7,13,15,20H,1-3,5,8-12,14H2,(H,24,25,26);7-8,11,14-16H,2-6,9-10,12-13H2,1H3,(H,24,26,27)/t;15-/m.0/s1. The van der Waals surface area contributed by atoms with Crippen molar-refractivity contribution in [1.29, 1.82) is 0 Å². The van der Waals surface area contributed by atoms with E-state index in [0.29, 0.717) is 83.3 Å². The maximum atomic E-state index is 14.0. The van der Waals surface area contributed by atoms with E-state index in [2.05, 4.69) is 20.0 Å². The number of sulfone groups is 2. The highest BCUT2D eigenvalue weighted by Gasteiger charge is 2.47. The number of hydrogen-bond acceptors (Lipinski definition) is 11. The first-order valence-electron chi connectivity index (χ1n) is 20.8. The van der Waals surface area contributed by atoms with Crippen molar-refractivity contribution < 1.29 is 49.1 Å². The Labute approximate surface area is 353 Å². The quantitative estimate of drug-likeness (QED) is 0.0888. The van der Waals surface area contributed by atoms with Gasteiger partial charge in [0, 0.05) is 24.3 Å². The molecule has 3 aliphatic rings. The first-order chi connectivity index (χ1) is 28.9. The SMILES string of the molecule is C[C@@H](CS(=O)(=O)CCCCCn1cnc(=O)[nH]c1=O)c1ccc(F)c(OCC2CC2)c1.O=C1CCC(CCCCCS(=O)(=O)CC2(c3cccc(OC(F)F)c3)CC2)C(=O)N1. The van der Waals surface area contributed by atoms with Crippen molar-refractivity contribution in [3.05, 3.63) is 86.7 Å². The number of aryl methyl sites for hydroxylation is 1. The second-order valence-electron chi connectivity index (χ2n) is 16.5. The molecule has 1 aliphatic heterocycles. The highest BCUT2D eigenvalue weighted by molar-refractivity contribution is 7.91. The van der Waals surface area contributed by atoms with Gasteiger partial charge in [0.1, 0.15) is 12.1 Å². The zero-order valence-electron chi connectivity index (χ0n) is 34.3. The Hall–Kier alpha value is -4.52. The van der Waals surface area contributed by atoms with Crippen LogP contribution in [0.2, 0.25) is 0 Å². The van der Waals surface area contributed by atoms with E-state index in [0.717, 1.165) is 30.4 Å². The van der Waals surface area contributed by atoms with Crippen molar-refractivity contribution in [2.75, 3.05) is 29.6 Å². The molecule has 2 heterocycles. The smallest absolute Gasteiger partial charge is 0.387 e. The van der Waals surface area contributed by atoms with Crippen LogP contribution in [0.1, 0.15) is 107 Å². The maximum Gasteiger partial charge on any atom is 0.387 e. The lowest BCUT2D eigenvalue weighted by molar-refractivity contribution is -0.136. The molecule has 3 aromatic rings. The highest BCUT2D eigenvalue weighted by atomic mass is 32.2. The number of ether oxygens (including phenoxy) is 2. The Bertz CT molecular complexity index is 2310. The number of unbranched alkanes of at least 4 members (excludes halogenated alkanes) is 4. The summed E-state index contributed by atoms with van der Waals surface area (Å²) in [7, 11) is -6.59. The van der Waals surface area contributed by atoms with Gasteiger partial charge in [-0.25, -0.2) is 30.8 Å². The van der Waals surface area contributed by atoms with Gasteiger partial charge in [-0.05, 0) is 105 Å². The lowest BCUT2D eigenvalue weighted by Gasteiger charge is -2.20. The van der Waals surface area contributed by atoms with E-state index in [1.165, 1.54) is 29.1 Å². The summed E-state index contributed by atoms with van der Waals surface area (Å²) in [5.41, 5.74) is -0.263. The van der Waals surface area contributed by atoms with E-state index in [1.54, 1.807) is 24.3 Å². The zero-order valence-corrected chi connectivity index (χ0v) is 35.9. The number of aromatic amines is 1. The van der Waals surface area contributed by atoms with E-state index >= 15 is 0 Å². The molecular weight excluding hydrogens is 842 g/mol. The number of hydrogen-bond donors (Lipinski definition) is 2. The number of H-pyrrole nitrogens is 1. The Kier molecular flexibility index (Phi) is 16.8. The van der Waals surface area contributed by atoms with Crippen LogP contribution in [0.5, 0.6) is 11.5 Å². The van der Waals surface area contributed by atoms with Gasteiger partial charge in [-0.15, -0.1) is 0 Å². The average Bonchev–Trinajstić information content (AvgIpc) is 4.13. The third-order valence-corrected chi connectivity index (χ3v) is 15.0. The van der Waals surface area contributed by atoms with Gasteiger partial charge in [0.15, 0.2) is 31.2 Å². The van der Waals surface area contributed by atoms with Crippen molar-refractivity contribution in [3.63, 3.8) is 0 Å². The van der Waals surface area contributed by atoms with E-state index < -0.39 is 48.9 Å². The number of amides is 2. The average molecular weight is 897 g/mol. The summed E-state index contributed by atoms with van der Waals surface area (Å²) in [6, 6.07) is 10.9. The minimum atomic E-state index is -3.30. The number of carbonyl (C=O) groups excluding carboxylic acids is 2. The van der Waals surface area contributed by atoms with Crippen molar-refractivity contribution in [2.24, 2.45) is 11.8 Å². The minimum absolute atomic E-state index is 0.00523. The predicted molar refractivity (Wildman–Crippen MR) is 222 cm³/mol. The summed E-state index contributed by atoms with van der Waals surface area (Å²) in [6.45, 7) is -0.253. The minimum Gasteiger partial charge on any atom is -0.490 e. The normalized spacial score (nSPS) is 17.9. The largest absolute Gasteiger partial charge is 0.490 e. The molecule has 19 heteroatoms. The van der Waals surface area contributed by atoms with Crippen LogP contribution in [0.4, 0.5) is 13.2 Å². The molecule has 2 aromatic carbocycles. The third kappa shape index (κ3) is 15.7. The number of piperidine rings is 1. The topological polar surface area (TPSA) is 201 Å². The molecular formula is C42H55F3N4O10S2. The number of imide groups is 1. The van der Waals surface area contributed by atoms with Gasteiger partial charge in [0.2, 0.25) is 11.8 Å². The van der Waals surface area contributed by atoms with E-state index in [4.69, 9.17) is 4.74 Å². The summed E-state index contributed by atoms with van der Waals surface area (Å²) >= 11 is 0. The number of nitrogens with one attached hydrogen (secondary N) is 2. The Morgan fingerprint density at radius 3 is 2.30 bits per heavy atom. The van der Waals surface area contributed by atoms with Crippen LogP contribution in [0, 0.1) is 17.7 Å². The molecule has 336 valence electrons. The van der Waals surface area contributed by atoms with Gasteiger partial charge in [-0.2, -0.15) is 13.8 Å². The number of carbonyl (C=O) groups is 2. The number of benzene rings is 2. The van der Waals surface area contributed by atoms with E-state index in [9.17, 15) is 49.2 Å². The van der Waals surface area contributed by atoms with Gasteiger partial charge in [0.25, 0.3) is 0 Å². The van der Waals surface area contributed by atoms with Crippen LogP contribution in [0.3, 0.4) is 0 Å². The van der Waals surface area contributed by atoms with Gasteiger partial charge in [-0.3, -0.25) is 24.5 Å². The molecule has 14 nitrogen and oxygen atoms in total. The van der Waals surface area contributed by atoms with E-state index in [-0.39, 0.29) is 58.2 Å². The number of aromatic nitrogens is 3. The molecule has 2 atom stereocenters. The Morgan fingerprint density at radius 1 is 0.902 bits per heavy atom. The molecule has 0 bridgehead atoms. The molecule has 1 aromatic heterocycles. The second-order valence-corrected chi connectivity index (χ2v) is 20.9. The summed E-state index contributed by atoms with van der Waals surface area (Å²) in [4.78, 5) is 51.0. The molecule has 6 rings (SSSR count). The molecule has 1 saturated heterocycles.